The normalized spacial score (nSPS) is 17.0. The molecule has 76 valence electrons. The Morgan fingerprint density at radius 1 is 1.50 bits per heavy atom. The van der Waals surface area contributed by atoms with Gasteiger partial charge in [0.15, 0.2) is 0 Å². The smallest absolute Gasteiger partial charge is 0.122 e. The van der Waals surface area contributed by atoms with Crippen LogP contribution in [0.2, 0.25) is 0 Å². The molecule has 2 N–H and O–H groups in total. The maximum absolute atomic E-state index is 5.57. The van der Waals surface area contributed by atoms with E-state index < -0.39 is 0 Å². The second kappa shape index (κ2) is 4.24. The van der Waals surface area contributed by atoms with Crippen LogP contribution in [0, 0.1) is 0 Å². The third-order valence-corrected chi connectivity index (χ3v) is 3.05. The molecule has 1 unspecified atom stereocenters. The SMILES string of the molecule is NCC(S)c1ccc2c(c1)CCCO2. The first-order valence-electron chi connectivity index (χ1n) is 4.95. The zero-order valence-electron chi connectivity index (χ0n) is 8.07. The summed E-state index contributed by atoms with van der Waals surface area (Å²) in [4.78, 5) is 0. The molecular weight excluding hydrogens is 194 g/mol. The van der Waals surface area contributed by atoms with Crippen LogP contribution in [-0.4, -0.2) is 13.2 Å². The van der Waals surface area contributed by atoms with Crippen molar-refractivity contribution in [3.63, 3.8) is 0 Å². The number of hydrogen-bond donors (Lipinski definition) is 2. The van der Waals surface area contributed by atoms with E-state index in [-0.39, 0.29) is 5.25 Å². The van der Waals surface area contributed by atoms with Gasteiger partial charge in [-0.15, -0.1) is 0 Å². The third-order valence-electron chi connectivity index (χ3n) is 2.54. The summed E-state index contributed by atoms with van der Waals surface area (Å²) in [5.41, 5.74) is 8.06. The van der Waals surface area contributed by atoms with Gasteiger partial charge in [-0.05, 0) is 30.0 Å². The Bertz CT molecular complexity index is 327. The molecule has 1 aliphatic heterocycles. The topological polar surface area (TPSA) is 35.2 Å². The van der Waals surface area contributed by atoms with Gasteiger partial charge < -0.3 is 10.5 Å². The van der Waals surface area contributed by atoms with Crippen LogP contribution in [0.5, 0.6) is 5.75 Å². The predicted molar refractivity (Wildman–Crippen MR) is 61.0 cm³/mol. The first kappa shape index (κ1) is 9.87. The Morgan fingerprint density at radius 2 is 2.36 bits per heavy atom. The van der Waals surface area contributed by atoms with Gasteiger partial charge in [0.25, 0.3) is 0 Å². The van der Waals surface area contributed by atoms with E-state index in [0.29, 0.717) is 6.54 Å². The van der Waals surface area contributed by atoms with Crippen molar-refractivity contribution in [2.75, 3.05) is 13.2 Å². The van der Waals surface area contributed by atoms with Gasteiger partial charge in [0, 0.05) is 11.8 Å². The Labute approximate surface area is 89.9 Å². The zero-order chi connectivity index (χ0) is 9.97. The first-order chi connectivity index (χ1) is 6.81. The van der Waals surface area contributed by atoms with Gasteiger partial charge in [-0.2, -0.15) is 12.6 Å². The molecule has 0 fully saturated rings. The zero-order valence-corrected chi connectivity index (χ0v) is 8.97. The Balaban J connectivity index is 2.29. The summed E-state index contributed by atoms with van der Waals surface area (Å²) in [5, 5.41) is 0.141. The van der Waals surface area contributed by atoms with E-state index in [1.807, 2.05) is 6.07 Å². The maximum Gasteiger partial charge on any atom is 0.122 e. The molecule has 0 saturated heterocycles. The summed E-state index contributed by atoms with van der Waals surface area (Å²) < 4.78 is 5.54. The van der Waals surface area contributed by atoms with Crippen molar-refractivity contribution in [1.29, 1.82) is 0 Å². The second-order valence-electron chi connectivity index (χ2n) is 3.57. The molecule has 0 aliphatic carbocycles. The van der Waals surface area contributed by atoms with Crippen molar-refractivity contribution in [1.82, 2.24) is 0 Å². The highest BCUT2D eigenvalue weighted by Crippen LogP contribution is 2.29. The van der Waals surface area contributed by atoms with Gasteiger partial charge in [-0.3, -0.25) is 0 Å². The van der Waals surface area contributed by atoms with Gasteiger partial charge in [-0.1, -0.05) is 12.1 Å². The van der Waals surface area contributed by atoms with Crippen LogP contribution in [0.4, 0.5) is 0 Å². The van der Waals surface area contributed by atoms with Gasteiger partial charge in [0.2, 0.25) is 0 Å². The molecule has 1 atom stereocenters. The molecule has 0 saturated carbocycles. The van der Waals surface area contributed by atoms with Crippen molar-refractivity contribution in [2.45, 2.75) is 18.1 Å². The molecule has 1 aromatic rings. The van der Waals surface area contributed by atoms with Crippen LogP contribution < -0.4 is 10.5 Å². The monoisotopic (exact) mass is 209 g/mol. The average Bonchev–Trinajstić information content (AvgIpc) is 2.27. The first-order valence-corrected chi connectivity index (χ1v) is 5.46. The number of hydrogen-bond acceptors (Lipinski definition) is 3. The molecule has 2 rings (SSSR count). The summed E-state index contributed by atoms with van der Waals surface area (Å²) in [6.45, 7) is 1.41. The number of rotatable bonds is 2. The number of nitrogens with two attached hydrogens (primary N) is 1. The minimum atomic E-state index is 0.141. The number of aryl methyl sites for hydroxylation is 1. The Morgan fingerprint density at radius 3 is 3.14 bits per heavy atom. The van der Waals surface area contributed by atoms with Crippen LogP contribution in [0.3, 0.4) is 0 Å². The predicted octanol–water partition coefficient (Wildman–Crippen LogP) is 1.94. The Kier molecular flexibility index (Phi) is 2.99. The van der Waals surface area contributed by atoms with Gasteiger partial charge in [0.1, 0.15) is 5.75 Å². The molecule has 0 aromatic heterocycles. The summed E-state index contributed by atoms with van der Waals surface area (Å²) in [6, 6.07) is 6.25. The quantitative estimate of drug-likeness (QED) is 0.730. The van der Waals surface area contributed by atoms with E-state index >= 15 is 0 Å². The third kappa shape index (κ3) is 1.88. The van der Waals surface area contributed by atoms with Crippen LogP contribution in [0.1, 0.15) is 22.8 Å². The van der Waals surface area contributed by atoms with Crippen molar-refractivity contribution in [3.05, 3.63) is 29.3 Å². The lowest BCUT2D eigenvalue weighted by molar-refractivity contribution is 0.288. The van der Waals surface area contributed by atoms with Gasteiger partial charge in [-0.25, -0.2) is 0 Å². The van der Waals surface area contributed by atoms with E-state index in [9.17, 15) is 0 Å². The van der Waals surface area contributed by atoms with Crippen molar-refractivity contribution in [2.24, 2.45) is 5.73 Å². The second-order valence-corrected chi connectivity index (χ2v) is 4.19. The molecular formula is C11H15NOS. The molecule has 0 spiro atoms. The van der Waals surface area contributed by atoms with E-state index in [1.54, 1.807) is 0 Å². The van der Waals surface area contributed by atoms with E-state index in [0.717, 1.165) is 25.2 Å². The summed E-state index contributed by atoms with van der Waals surface area (Å²) in [7, 11) is 0. The highest BCUT2D eigenvalue weighted by molar-refractivity contribution is 7.80. The minimum absolute atomic E-state index is 0.141. The minimum Gasteiger partial charge on any atom is -0.493 e. The lowest BCUT2D eigenvalue weighted by atomic mass is 10.0. The maximum atomic E-state index is 5.57. The van der Waals surface area contributed by atoms with E-state index in [1.165, 1.54) is 11.1 Å². The van der Waals surface area contributed by atoms with E-state index in [2.05, 4.69) is 24.8 Å². The average molecular weight is 209 g/mol. The molecule has 14 heavy (non-hydrogen) atoms. The van der Waals surface area contributed by atoms with Crippen LogP contribution >= 0.6 is 12.6 Å². The molecule has 0 amide bonds. The molecule has 2 nitrogen and oxygen atoms in total. The summed E-state index contributed by atoms with van der Waals surface area (Å²) >= 11 is 4.42. The Hall–Kier alpha value is -0.670. The number of benzene rings is 1. The van der Waals surface area contributed by atoms with E-state index in [4.69, 9.17) is 10.5 Å². The van der Waals surface area contributed by atoms with Gasteiger partial charge in [0.05, 0.1) is 6.61 Å². The standard InChI is InChI=1S/C11H15NOS/c12-7-11(14)9-3-4-10-8(6-9)2-1-5-13-10/h3-4,6,11,14H,1-2,5,7,12H2. The van der Waals surface area contributed by atoms with Gasteiger partial charge >= 0.3 is 0 Å². The molecule has 0 bridgehead atoms. The number of ether oxygens (including phenoxy) is 1. The van der Waals surface area contributed by atoms with Crippen molar-refractivity contribution >= 4 is 12.6 Å². The van der Waals surface area contributed by atoms with Crippen LogP contribution in [0.15, 0.2) is 18.2 Å². The summed E-state index contributed by atoms with van der Waals surface area (Å²) in [5.74, 6) is 1.03. The largest absolute Gasteiger partial charge is 0.493 e. The molecule has 1 heterocycles. The fourth-order valence-corrected chi connectivity index (χ4v) is 1.88. The highest BCUT2D eigenvalue weighted by Gasteiger charge is 2.12. The fourth-order valence-electron chi connectivity index (χ4n) is 1.72. The van der Waals surface area contributed by atoms with Crippen molar-refractivity contribution in [3.8, 4) is 5.75 Å². The number of thiol groups is 1. The summed E-state index contributed by atoms with van der Waals surface area (Å²) in [6.07, 6.45) is 2.21. The molecule has 0 radical (unpaired) electrons. The number of fused-ring (bicyclic) bond motifs is 1. The van der Waals surface area contributed by atoms with Crippen LogP contribution in [0.25, 0.3) is 0 Å². The van der Waals surface area contributed by atoms with Crippen LogP contribution in [-0.2, 0) is 6.42 Å². The lowest BCUT2D eigenvalue weighted by Crippen LogP contribution is -2.11. The molecule has 1 aromatic carbocycles. The molecule has 1 aliphatic rings. The highest BCUT2D eigenvalue weighted by atomic mass is 32.1. The van der Waals surface area contributed by atoms with Crippen molar-refractivity contribution < 1.29 is 4.74 Å². The molecule has 3 heteroatoms. The lowest BCUT2D eigenvalue weighted by Gasteiger charge is -2.19. The fraction of sp³-hybridized carbons (Fsp3) is 0.455.